The first kappa shape index (κ1) is 27.2. The van der Waals surface area contributed by atoms with E-state index < -0.39 is 17.8 Å². The first-order valence-electron chi connectivity index (χ1n) is 12.9. The molecule has 10 heteroatoms. The van der Waals surface area contributed by atoms with Gasteiger partial charge in [-0.1, -0.05) is 60.7 Å². The fraction of sp³-hybridized carbons (Fsp3) is 0.129. The van der Waals surface area contributed by atoms with Crippen molar-refractivity contribution in [2.45, 2.75) is 0 Å². The van der Waals surface area contributed by atoms with Crippen LogP contribution in [-0.2, 0) is 14.3 Å². The third kappa shape index (κ3) is 6.45. The molecule has 0 bridgehead atoms. The van der Waals surface area contributed by atoms with Gasteiger partial charge in [0.05, 0.1) is 36.2 Å². The summed E-state index contributed by atoms with van der Waals surface area (Å²) in [5.74, 6) is -2.63. The number of hydrazone groups is 1. The molecule has 1 saturated heterocycles. The Morgan fingerprint density at radius 3 is 2.32 bits per heavy atom. The summed E-state index contributed by atoms with van der Waals surface area (Å²) in [6.07, 6.45) is 1.32. The van der Waals surface area contributed by atoms with Crippen LogP contribution in [-0.4, -0.2) is 61.1 Å². The maximum Gasteiger partial charge on any atom is 0.343 e. The largest absolute Gasteiger partial charge is 0.422 e. The number of hydrogen-bond donors (Lipinski definition) is 2. The van der Waals surface area contributed by atoms with E-state index in [2.05, 4.69) is 15.8 Å². The molecule has 2 N–H and O–H groups in total. The number of para-hydroxylation sites is 1. The van der Waals surface area contributed by atoms with Crippen molar-refractivity contribution in [1.82, 2.24) is 10.3 Å². The lowest BCUT2D eigenvalue weighted by Gasteiger charge is -2.27. The number of nitrogens with zero attached hydrogens (tertiary/aromatic N) is 2. The van der Waals surface area contributed by atoms with Crippen molar-refractivity contribution in [3.8, 4) is 5.75 Å². The van der Waals surface area contributed by atoms with Gasteiger partial charge in [0.1, 0.15) is 5.75 Å². The van der Waals surface area contributed by atoms with Gasteiger partial charge in [-0.3, -0.25) is 14.4 Å². The molecule has 0 aliphatic carbocycles. The molecule has 1 fully saturated rings. The van der Waals surface area contributed by atoms with Crippen molar-refractivity contribution in [2.75, 3.05) is 31.6 Å². The highest BCUT2D eigenvalue weighted by Gasteiger charge is 2.23. The predicted octanol–water partition coefficient (Wildman–Crippen LogP) is 3.62. The maximum absolute atomic E-state index is 13.0. The minimum Gasteiger partial charge on any atom is -0.422 e. The smallest absolute Gasteiger partial charge is 0.343 e. The molecule has 1 aliphatic heterocycles. The SMILES string of the molecule is O=C(N/N=C\c1c(OC(=O)c2ccccc2)ccc2ccccc12)C(=O)Nc1ccccc1C(=O)N1CCOCC1. The standard InChI is InChI=1S/C31H26N4O6/c36-28(33-26-13-7-6-12-24(26)30(38)35-16-18-40-19-17-35)29(37)34-32-20-25-23-11-5-4-8-21(23)14-15-27(25)41-31(39)22-9-2-1-3-10-22/h1-15,20H,16-19H2,(H,33,36)(H,34,37)/b32-20-. The monoisotopic (exact) mass is 550 g/mol. The summed E-state index contributed by atoms with van der Waals surface area (Å²) in [6, 6.07) is 25.9. The Labute approximate surface area is 235 Å². The normalized spacial score (nSPS) is 13.1. The number of ether oxygens (including phenoxy) is 2. The predicted molar refractivity (Wildman–Crippen MR) is 153 cm³/mol. The zero-order chi connectivity index (χ0) is 28.6. The van der Waals surface area contributed by atoms with Gasteiger partial charge in [-0.25, -0.2) is 10.2 Å². The molecular weight excluding hydrogens is 524 g/mol. The van der Waals surface area contributed by atoms with Gasteiger partial charge in [0.2, 0.25) is 0 Å². The molecule has 5 rings (SSSR count). The minimum atomic E-state index is -1.04. The summed E-state index contributed by atoms with van der Waals surface area (Å²) in [6.45, 7) is 1.75. The third-order valence-corrected chi connectivity index (χ3v) is 6.41. The van der Waals surface area contributed by atoms with E-state index in [0.29, 0.717) is 37.4 Å². The van der Waals surface area contributed by atoms with Gasteiger partial charge in [0, 0.05) is 18.7 Å². The summed E-state index contributed by atoms with van der Waals surface area (Å²) in [5, 5.41) is 8.04. The number of carbonyl (C=O) groups excluding carboxylic acids is 4. The van der Waals surface area contributed by atoms with Gasteiger partial charge in [0.25, 0.3) is 5.91 Å². The van der Waals surface area contributed by atoms with Gasteiger partial charge >= 0.3 is 17.8 Å². The van der Waals surface area contributed by atoms with Crippen LogP contribution in [0.15, 0.2) is 96.1 Å². The number of rotatable bonds is 6. The number of esters is 1. The number of hydrogen-bond acceptors (Lipinski definition) is 7. The van der Waals surface area contributed by atoms with Crippen molar-refractivity contribution in [1.29, 1.82) is 0 Å². The van der Waals surface area contributed by atoms with E-state index in [9.17, 15) is 19.2 Å². The second-order valence-electron chi connectivity index (χ2n) is 9.06. The fourth-order valence-electron chi connectivity index (χ4n) is 4.33. The molecule has 0 unspecified atom stereocenters. The lowest BCUT2D eigenvalue weighted by molar-refractivity contribution is -0.136. The molecule has 0 spiro atoms. The molecule has 3 amide bonds. The van der Waals surface area contributed by atoms with E-state index in [1.807, 2.05) is 30.3 Å². The second kappa shape index (κ2) is 12.7. The fourth-order valence-corrected chi connectivity index (χ4v) is 4.33. The van der Waals surface area contributed by atoms with Crippen LogP contribution in [0.25, 0.3) is 10.8 Å². The second-order valence-corrected chi connectivity index (χ2v) is 9.06. The van der Waals surface area contributed by atoms with Gasteiger partial charge in [-0.2, -0.15) is 5.10 Å². The summed E-state index contributed by atoms with van der Waals surface area (Å²) in [7, 11) is 0. The highest BCUT2D eigenvalue weighted by atomic mass is 16.5. The third-order valence-electron chi connectivity index (χ3n) is 6.41. The lowest BCUT2D eigenvalue weighted by Crippen LogP contribution is -2.41. The Kier molecular flexibility index (Phi) is 8.41. The summed E-state index contributed by atoms with van der Waals surface area (Å²) >= 11 is 0. The summed E-state index contributed by atoms with van der Waals surface area (Å²) in [4.78, 5) is 52.6. The number of fused-ring (bicyclic) bond motifs is 1. The van der Waals surface area contributed by atoms with E-state index in [1.54, 1.807) is 65.6 Å². The van der Waals surface area contributed by atoms with E-state index in [0.717, 1.165) is 10.8 Å². The minimum absolute atomic E-state index is 0.206. The van der Waals surface area contributed by atoms with Crippen molar-refractivity contribution in [2.24, 2.45) is 5.10 Å². The number of anilines is 1. The van der Waals surface area contributed by atoms with E-state index in [1.165, 1.54) is 6.21 Å². The highest BCUT2D eigenvalue weighted by molar-refractivity contribution is 6.40. The molecule has 0 radical (unpaired) electrons. The topological polar surface area (TPSA) is 126 Å². The Hall–Kier alpha value is -5.35. The van der Waals surface area contributed by atoms with Gasteiger partial charge in [0.15, 0.2) is 0 Å². The molecule has 1 heterocycles. The van der Waals surface area contributed by atoms with Crippen molar-refractivity contribution in [3.05, 3.63) is 108 Å². The van der Waals surface area contributed by atoms with Crippen molar-refractivity contribution in [3.63, 3.8) is 0 Å². The Morgan fingerprint density at radius 1 is 0.805 bits per heavy atom. The summed E-state index contributed by atoms with van der Waals surface area (Å²) in [5.41, 5.74) is 3.49. The zero-order valence-corrected chi connectivity index (χ0v) is 21.9. The van der Waals surface area contributed by atoms with E-state index in [4.69, 9.17) is 9.47 Å². The molecule has 4 aromatic carbocycles. The number of morpholine rings is 1. The lowest BCUT2D eigenvalue weighted by atomic mass is 10.0. The average Bonchev–Trinajstić information content (AvgIpc) is 3.02. The molecule has 4 aromatic rings. The number of amides is 3. The van der Waals surface area contributed by atoms with Crippen LogP contribution in [0.2, 0.25) is 0 Å². The Balaban J connectivity index is 1.30. The molecule has 1 aliphatic rings. The zero-order valence-electron chi connectivity index (χ0n) is 21.9. The van der Waals surface area contributed by atoms with Crippen LogP contribution in [0.3, 0.4) is 0 Å². The number of benzene rings is 4. The van der Waals surface area contributed by atoms with E-state index >= 15 is 0 Å². The molecule has 0 atom stereocenters. The molecule has 0 aromatic heterocycles. The highest BCUT2D eigenvalue weighted by Crippen LogP contribution is 2.27. The Morgan fingerprint density at radius 2 is 1.51 bits per heavy atom. The molecule has 206 valence electrons. The first-order valence-corrected chi connectivity index (χ1v) is 12.9. The van der Waals surface area contributed by atoms with Crippen LogP contribution >= 0.6 is 0 Å². The van der Waals surface area contributed by atoms with E-state index in [-0.39, 0.29) is 22.9 Å². The van der Waals surface area contributed by atoms with Gasteiger partial charge in [-0.05, 0) is 41.1 Å². The number of carbonyl (C=O) groups is 4. The van der Waals surface area contributed by atoms with Crippen LogP contribution < -0.4 is 15.5 Å². The molecule has 0 saturated carbocycles. The molecule has 10 nitrogen and oxygen atoms in total. The van der Waals surface area contributed by atoms with Crippen LogP contribution in [0.5, 0.6) is 5.75 Å². The number of nitrogens with one attached hydrogen (secondary N) is 2. The van der Waals surface area contributed by atoms with Gasteiger partial charge < -0.3 is 19.7 Å². The quantitative estimate of drug-likeness (QED) is 0.124. The summed E-state index contributed by atoms with van der Waals surface area (Å²) < 4.78 is 10.9. The Bertz CT molecular complexity index is 1630. The van der Waals surface area contributed by atoms with Crippen molar-refractivity contribution < 1.29 is 28.7 Å². The molecular formula is C31H26N4O6. The first-order chi connectivity index (χ1) is 20.0. The molecule has 41 heavy (non-hydrogen) atoms. The van der Waals surface area contributed by atoms with Crippen LogP contribution in [0.4, 0.5) is 5.69 Å². The van der Waals surface area contributed by atoms with Gasteiger partial charge in [-0.15, -0.1) is 0 Å². The average molecular weight is 551 g/mol. The maximum atomic E-state index is 13.0. The van der Waals surface area contributed by atoms with Crippen molar-refractivity contribution >= 4 is 46.4 Å². The van der Waals surface area contributed by atoms with Crippen LogP contribution in [0, 0.1) is 0 Å². The van der Waals surface area contributed by atoms with Crippen LogP contribution in [0.1, 0.15) is 26.3 Å².